The van der Waals surface area contributed by atoms with E-state index in [4.69, 9.17) is 0 Å². The molecule has 4 aromatic carbocycles. The number of sulfone groups is 1. The molecule has 0 aliphatic rings. The molecule has 0 aromatic heterocycles. The maximum absolute atomic E-state index is 14.4. The summed E-state index contributed by atoms with van der Waals surface area (Å²) in [5, 5.41) is 42.5. The number of aromatic hydroxyl groups is 4. The molecule has 0 heterocycles. The van der Waals surface area contributed by atoms with E-state index >= 15 is 0 Å². The van der Waals surface area contributed by atoms with Crippen LogP contribution in [0.1, 0.15) is 65.5 Å². The summed E-state index contributed by atoms with van der Waals surface area (Å²) in [5.74, 6) is -0.560. The van der Waals surface area contributed by atoms with Gasteiger partial charge >= 0.3 is 0 Å². The number of phenolic OH excluding ortho intramolecular Hbond substituents is 4. The molecule has 0 aliphatic carbocycles. The zero-order chi connectivity index (χ0) is 30.3. The van der Waals surface area contributed by atoms with E-state index in [0.29, 0.717) is 0 Å². The van der Waals surface area contributed by atoms with Gasteiger partial charge in [0, 0.05) is 22.3 Å². The highest BCUT2D eigenvalue weighted by atomic mass is 32.2. The third-order valence-electron chi connectivity index (χ3n) is 8.41. The normalized spacial score (nSPS) is 12.4. The third-order valence-corrected chi connectivity index (χ3v) is 10.3. The topological polar surface area (TPSA) is 115 Å². The molecule has 4 rings (SSSR count). The van der Waals surface area contributed by atoms with Crippen molar-refractivity contribution in [1.82, 2.24) is 0 Å². The number of hydrogen-bond acceptors (Lipinski definition) is 6. The van der Waals surface area contributed by atoms with Crippen LogP contribution < -0.4 is 0 Å². The van der Waals surface area contributed by atoms with Gasteiger partial charge in [0.2, 0.25) is 9.84 Å². The first-order chi connectivity index (χ1) is 19.1. The van der Waals surface area contributed by atoms with Crippen LogP contribution in [0.2, 0.25) is 0 Å². The smallest absolute Gasteiger partial charge is 0.207 e. The summed E-state index contributed by atoms with van der Waals surface area (Å²) in [6, 6.07) is 18.0. The monoisotopic (exact) mass is 574 g/mol. The first kappa shape index (κ1) is 30.0. The van der Waals surface area contributed by atoms with Gasteiger partial charge in [0.25, 0.3) is 0 Å². The van der Waals surface area contributed by atoms with E-state index in [2.05, 4.69) is 41.5 Å². The number of hydrogen-bond donors (Lipinski definition) is 4. The van der Waals surface area contributed by atoms with Crippen molar-refractivity contribution in [3.05, 3.63) is 83.9 Å². The number of benzene rings is 4. The molecule has 0 amide bonds. The lowest BCUT2D eigenvalue weighted by molar-refractivity contribution is 0.470. The van der Waals surface area contributed by atoms with Crippen molar-refractivity contribution in [2.45, 2.75) is 75.0 Å². The van der Waals surface area contributed by atoms with E-state index in [1.807, 2.05) is 12.1 Å². The van der Waals surface area contributed by atoms with Crippen LogP contribution in [0.5, 0.6) is 23.0 Å². The molecule has 0 spiro atoms. The predicted octanol–water partition coefficient (Wildman–Crippen LogP) is 8.05. The van der Waals surface area contributed by atoms with Crippen molar-refractivity contribution in [2.75, 3.05) is 0 Å². The molecule has 0 unspecified atom stereocenters. The molecule has 0 bridgehead atoms. The molecule has 0 radical (unpaired) electrons. The molecule has 216 valence electrons. The lowest BCUT2D eigenvalue weighted by atomic mass is 9.81. The van der Waals surface area contributed by atoms with Crippen LogP contribution >= 0.6 is 0 Å². The van der Waals surface area contributed by atoms with Gasteiger partial charge in [-0.15, -0.1) is 0 Å². The highest BCUT2D eigenvalue weighted by Crippen LogP contribution is 2.44. The van der Waals surface area contributed by atoms with Crippen LogP contribution in [0, 0.1) is 0 Å². The fraction of sp³-hybridized carbons (Fsp3) is 0.294. The summed E-state index contributed by atoms with van der Waals surface area (Å²) in [6.07, 6.45) is 1.63. The summed E-state index contributed by atoms with van der Waals surface area (Å²) >= 11 is 0. The van der Waals surface area contributed by atoms with E-state index in [1.54, 1.807) is 12.1 Å². The molecule has 0 atom stereocenters. The first-order valence-corrected chi connectivity index (χ1v) is 15.2. The Morgan fingerprint density at radius 3 is 1.24 bits per heavy atom. The second kappa shape index (κ2) is 10.8. The molecule has 0 saturated carbocycles. The molecule has 0 aliphatic heterocycles. The van der Waals surface area contributed by atoms with Gasteiger partial charge < -0.3 is 20.4 Å². The highest BCUT2D eigenvalue weighted by Gasteiger charge is 2.29. The van der Waals surface area contributed by atoms with E-state index in [1.165, 1.54) is 48.5 Å². The lowest BCUT2D eigenvalue weighted by Crippen LogP contribution is -2.15. The fourth-order valence-corrected chi connectivity index (χ4v) is 6.45. The van der Waals surface area contributed by atoms with Gasteiger partial charge in [-0.25, -0.2) is 8.42 Å². The van der Waals surface area contributed by atoms with Gasteiger partial charge in [0.1, 0.15) is 23.0 Å². The largest absolute Gasteiger partial charge is 0.508 e. The summed E-state index contributed by atoms with van der Waals surface area (Å²) < 4.78 is 28.8. The SMILES string of the molecule is CCC(C)(C)c1ccc(O)c(-c2cc(O)ccc2S(=O)(=O)c2ccc(O)cc2-c2cc(C(C)(C)CC)ccc2O)c1. The van der Waals surface area contributed by atoms with Gasteiger partial charge in [0.15, 0.2) is 0 Å². The second-order valence-corrected chi connectivity index (χ2v) is 13.7. The lowest BCUT2D eigenvalue weighted by Gasteiger charge is -2.25. The predicted molar refractivity (Wildman–Crippen MR) is 163 cm³/mol. The van der Waals surface area contributed by atoms with E-state index in [0.717, 1.165) is 24.0 Å². The summed E-state index contributed by atoms with van der Waals surface area (Å²) in [7, 11) is -4.32. The van der Waals surface area contributed by atoms with Crippen LogP contribution in [-0.2, 0) is 20.7 Å². The van der Waals surface area contributed by atoms with Gasteiger partial charge in [0.05, 0.1) is 9.79 Å². The number of rotatable bonds is 8. The summed E-state index contributed by atoms with van der Waals surface area (Å²) in [6.45, 7) is 12.3. The second-order valence-electron chi connectivity index (χ2n) is 11.8. The number of phenols is 4. The quantitative estimate of drug-likeness (QED) is 0.169. The van der Waals surface area contributed by atoms with Crippen molar-refractivity contribution in [2.24, 2.45) is 0 Å². The third kappa shape index (κ3) is 5.64. The zero-order valence-electron chi connectivity index (χ0n) is 24.4. The average molecular weight is 575 g/mol. The Morgan fingerprint density at radius 1 is 0.537 bits per heavy atom. The van der Waals surface area contributed by atoms with Crippen LogP contribution in [0.3, 0.4) is 0 Å². The molecule has 41 heavy (non-hydrogen) atoms. The fourth-order valence-electron chi connectivity index (χ4n) is 4.80. The van der Waals surface area contributed by atoms with Crippen LogP contribution in [0.25, 0.3) is 22.3 Å². The molecular formula is C34H38O6S. The maximum atomic E-state index is 14.4. The Bertz CT molecular complexity index is 1600. The minimum atomic E-state index is -4.32. The van der Waals surface area contributed by atoms with E-state index in [9.17, 15) is 28.8 Å². The van der Waals surface area contributed by atoms with E-state index < -0.39 is 9.84 Å². The molecule has 6 nitrogen and oxygen atoms in total. The Morgan fingerprint density at radius 2 is 0.902 bits per heavy atom. The Kier molecular flexibility index (Phi) is 7.89. The maximum Gasteiger partial charge on any atom is 0.207 e. The standard InChI is InChI=1S/C34H38O6S/c1-7-33(3,4)21-9-13-29(37)25(17-21)27-19-23(35)11-15-31(27)41(39,40)32-16-12-24(36)20-28(32)26-18-22(10-14-30(26)38)34(5,6)8-2/h9-20,35-38H,7-8H2,1-6H3. The van der Waals surface area contributed by atoms with Crippen molar-refractivity contribution >= 4 is 9.84 Å². The van der Waals surface area contributed by atoms with Gasteiger partial charge in [-0.05, 0) is 95.5 Å². The van der Waals surface area contributed by atoms with Gasteiger partial charge in [-0.3, -0.25) is 0 Å². The molecule has 0 saturated heterocycles. The van der Waals surface area contributed by atoms with Crippen molar-refractivity contribution in [3.63, 3.8) is 0 Å². The summed E-state index contributed by atoms with van der Waals surface area (Å²) in [5.41, 5.74) is 2.16. The average Bonchev–Trinajstić information content (AvgIpc) is 2.93. The van der Waals surface area contributed by atoms with Crippen molar-refractivity contribution < 1.29 is 28.8 Å². The van der Waals surface area contributed by atoms with Gasteiger partial charge in [-0.2, -0.15) is 0 Å². The first-order valence-electron chi connectivity index (χ1n) is 13.7. The zero-order valence-corrected chi connectivity index (χ0v) is 25.2. The van der Waals surface area contributed by atoms with Crippen LogP contribution in [0.4, 0.5) is 0 Å². The molecule has 4 N–H and O–H groups in total. The Hall–Kier alpha value is -3.97. The van der Waals surface area contributed by atoms with Crippen molar-refractivity contribution in [3.8, 4) is 45.3 Å². The molecule has 7 heteroatoms. The molecule has 0 fully saturated rings. The minimum absolute atomic E-state index is 0.124. The minimum Gasteiger partial charge on any atom is -0.508 e. The van der Waals surface area contributed by atoms with Crippen LogP contribution in [0.15, 0.2) is 82.6 Å². The summed E-state index contributed by atoms with van der Waals surface area (Å²) in [4.78, 5) is -0.262. The molecular weight excluding hydrogens is 536 g/mol. The van der Waals surface area contributed by atoms with Crippen LogP contribution in [-0.4, -0.2) is 28.8 Å². The highest BCUT2D eigenvalue weighted by molar-refractivity contribution is 7.91. The van der Waals surface area contributed by atoms with Crippen molar-refractivity contribution in [1.29, 1.82) is 0 Å². The van der Waals surface area contributed by atoms with Gasteiger partial charge in [-0.1, -0.05) is 53.7 Å². The Labute approximate surface area is 242 Å². The Balaban J connectivity index is 2.00. The molecule has 4 aromatic rings. The van der Waals surface area contributed by atoms with E-state index in [-0.39, 0.29) is 65.9 Å².